The highest BCUT2D eigenvalue weighted by Crippen LogP contribution is 2.25. The number of hydrogen-bond donors (Lipinski definition) is 2. The highest BCUT2D eigenvalue weighted by molar-refractivity contribution is 5.55. The standard InChI is InChI=1S/C11H15NO/c1-8(13)10-5-4-9-3-2-6-12-11(9)7-10/h4-5,7-8,12-13H,2-3,6H2,1H3. The number of anilines is 1. The highest BCUT2D eigenvalue weighted by atomic mass is 16.3. The molecule has 0 fully saturated rings. The van der Waals surface area contributed by atoms with Crippen molar-refractivity contribution < 1.29 is 5.11 Å². The van der Waals surface area contributed by atoms with E-state index in [9.17, 15) is 5.11 Å². The van der Waals surface area contributed by atoms with E-state index in [1.165, 1.54) is 17.7 Å². The van der Waals surface area contributed by atoms with Gasteiger partial charge in [-0.3, -0.25) is 0 Å². The van der Waals surface area contributed by atoms with Gasteiger partial charge in [0.25, 0.3) is 0 Å². The Balaban J connectivity index is 2.35. The molecule has 1 heterocycles. The van der Waals surface area contributed by atoms with Crippen molar-refractivity contribution in [3.05, 3.63) is 29.3 Å². The van der Waals surface area contributed by atoms with Crippen LogP contribution in [0.1, 0.15) is 30.6 Å². The summed E-state index contributed by atoms with van der Waals surface area (Å²) in [5, 5.41) is 12.7. The number of nitrogens with one attached hydrogen (secondary N) is 1. The Kier molecular flexibility index (Phi) is 2.23. The number of hydrogen-bond acceptors (Lipinski definition) is 2. The van der Waals surface area contributed by atoms with Crippen LogP contribution in [0.4, 0.5) is 5.69 Å². The zero-order chi connectivity index (χ0) is 9.26. The molecule has 0 aromatic heterocycles. The van der Waals surface area contributed by atoms with Crippen molar-refractivity contribution in [2.24, 2.45) is 0 Å². The molecular formula is C11H15NO. The lowest BCUT2D eigenvalue weighted by Gasteiger charge is -2.19. The minimum atomic E-state index is -0.367. The summed E-state index contributed by atoms with van der Waals surface area (Å²) in [6.45, 7) is 2.85. The van der Waals surface area contributed by atoms with Crippen LogP contribution in [0.2, 0.25) is 0 Å². The summed E-state index contributed by atoms with van der Waals surface area (Å²) < 4.78 is 0. The molecule has 1 unspecified atom stereocenters. The Hall–Kier alpha value is -1.02. The molecule has 0 bridgehead atoms. The summed E-state index contributed by atoms with van der Waals surface area (Å²) in [5.41, 5.74) is 3.56. The van der Waals surface area contributed by atoms with Gasteiger partial charge in [0, 0.05) is 12.2 Å². The monoisotopic (exact) mass is 177 g/mol. The molecule has 2 nitrogen and oxygen atoms in total. The van der Waals surface area contributed by atoms with Gasteiger partial charge < -0.3 is 10.4 Å². The predicted molar refractivity (Wildman–Crippen MR) is 53.9 cm³/mol. The highest BCUT2D eigenvalue weighted by Gasteiger charge is 2.09. The number of benzene rings is 1. The van der Waals surface area contributed by atoms with Crippen molar-refractivity contribution >= 4 is 5.69 Å². The van der Waals surface area contributed by atoms with Gasteiger partial charge in [-0.25, -0.2) is 0 Å². The van der Waals surface area contributed by atoms with E-state index in [2.05, 4.69) is 17.4 Å². The molecule has 0 saturated heterocycles. The van der Waals surface area contributed by atoms with E-state index in [0.29, 0.717) is 0 Å². The lowest BCUT2D eigenvalue weighted by atomic mass is 10.00. The molecule has 1 atom stereocenters. The summed E-state index contributed by atoms with van der Waals surface area (Å²) in [7, 11) is 0. The third-order valence-corrected chi connectivity index (χ3v) is 2.55. The average molecular weight is 177 g/mol. The number of fused-ring (bicyclic) bond motifs is 1. The van der Waals surface area contributed by atoms with Gasteiger partial charge >= 0.3 is 0 Å². The average Bonchev–Trinajstić information content (AvgIpc) is 2.17. The Morgan fingerprint density at radius 3 is 3.08 bits per heavy atom. The normalized spacial score (nSPS) is 17.4. The fourth-order valence-electron chi connectivity index (χ4n) is 1.74. The zero-order valence-corrected chi connectivity index (χ0v) is 7.88. The van der Waals surface area contributed by atoms with Crippen molar-refractivity contribution in [1.82, 2.24) is 0 Å². The number of rotatable bonds is 1. The lowest BCUT2D eigenvalue weighted by molar-refractivity contribution is 0.199. The fraction of sp³-hybridized carbons (Fsp3) is 0.455. The van der Waals surface area contributed by atoms with Crippen LogP contribution in [0.5, 0.6) is 0 Å². The molecule has 2 N–H and O–H groups in total. The van der Waals surface area contributed by atoms with Gasteiger partial charge in [-0.05, 0) is 37.0 Å². The quantitative estimate of drug-likeness (QED) is 0.688. The van der Waals surface area contributed by atoms with E-state index in [0.717, 1.165) is 18.5 Å². The largest absolute Gasteiger partial charge is 0.389 e. The first-order valence-corrected chi connectivity index (χ1v) is 4.82. The van der Waals surface area contributed by atoms with Crippen LogP contribution >= 0.6 is 0 Å². The molecular weight excluding hydrogens is 162 g/mol. The third-order valence-electron chi connectivity index (χ3n) is 2.55. The van der Waals surface area contributed by atoms with Gasteiger partial charge in [0.05, 0.1) is 6.10 Å². The van der Waals surface area contributed by atoms with Gasteiger partial charge in [-0.1, -0.05) is 12.1 Å². The van der Waals surface area contributed by atoms with Crippen molar-refractivity contribution in [1.29, 1.82) is 0 Å². The molecule has 0 amide bonds. The van der Waals surface area contributed by atoms with E-state index < -0.39 is 0 Å². The third kappa shape index (κ3) is 1.68. The van der Waals surface area contributed by atoms with Crippen LogP contribution in [0.3, 0.4) is 0 Å². The smallest absolute Gasteiger partial charge is 0.0762 e. The molecule has 2 heteroatoms. The van der Waals surface area contributed by atoms with Crippen molar-refractivity contribution in [2.45, 2.75) is 25.9 Å². The SMILES string of the molecule is CC(O)c1ccc2c(c1)NCCC2. The molecule has 1 aliphatic heterocycles. The van der Waals surface area contributed by atoms with Crippen LogP contribution < -0.4 is 5.32 Å². The first-order chi connectivity index (χ1) is 6.27. The molecule has 70 valence electrons. The van der Waals surface area contributed by atoms with Gasteiger partial charge in [-0.2, -0.15) is 0 Å². The minimum absolute atomic E-state index is 0.367. The van der Waals surface area contributed by atoms with Crippen LogP contribution in [-0.4, -0.2) is 11.7 Å². The maximum atomic E-state index is 9.40. The summed E-state index contributed by atoms with van der Waals surface area (Å²) in [4.78, 5) is 0. The summed E-state index contributed by atoms with van der Waals surface area (Å²) in [6, 6.07) is 6.18. The van der Waals surface area contributed by atoms with Crippen LogP contribution in [0, 0.1) is 0 Å². The number of aliphatic hydroxyl groups excluding tert-OH is 1. The lowest BCUT2D eigenvalue weighted by Crippen LogP contribution is -2.12. The van der Waals surface area contributed by atoms with Gasteiger partial charge in [-0.15, -0.1) is 0 Å². The molecule has 0 spiro atoms. The van der Waals surface area contributed by atoms with Gasteiger partial charge in [0.2, 0.25) is 0 Å². The Morgan fingerprint density at radius 1 is 1.46 bits per heavy atom. The summed E-state index contributed by atoms with van der Waals surface area (Å²) in [5.74, 6) is 0. The zero-order valence-electron chi connectivity index (χ0n) is 7.88. The molecule has 0 saturated carbocycles. The molecule has 13 heavy (non-hydrogen) atoms. The van der Waals surface area contributed by atoms with Crippen molar-refractivity contribution in [2.75, 3.05) is 11.9 Å². The first-order valence-electron chi connectivity index (χ1n) is 4.82. The van der Waals surface area contributed by atoms with Gasteiger partial charge in [0.1, 0.15) is 0 Å². The minimum Gasteiger partial charge on any atom is -0.389 e. The van der Waals surface area contributed by atoms with Crippen LogP contribution in [0.25, 0.3) is 0 Å². The number of aliphatic hydroxyl groups is 1. The Bertz CT molecular complexity index is 307. The molecule has 1 aromatic carbocycles. The van der Waals surface area contributed by atoms with Crippen molar-refractivity contribution in [3.8, 4) is 0 Å². The summed E-state index contributed by atoms with van der Waals surface area (Å²) >= 11 is 0. The van der Waals surface area contributed by atoms with Crippen LogP contribution in [-0.2, 0) is 6.42 Å². The van der Waals surface area contributed by atoms with E-state index in [1.54, 1.807) is 6.92 Å². The second-order valence-electron chi connectivity index (χ2n) is 3.62. The molecule has 0 aliphatic carbocycles. The van der Waals surface area contributed by atoms with E-state index in [-0.39, 0.29) is 6.10 Å². The second-order valence-corrected chi connectivity index (χ2v) is 3.62. The number of aryl methyl sites for hydroxylation is 1. The van der Waals surface area contributed by atoms with Gasteiger partial charge in [0.15, 0.2) is 0 Å². The molecule has 1 aliphatic rings. The summed E-state index contributed by atoms with van der Waals surface area (Å²) in [6.07, 6.45) is 2.00. The maximum absolute atomic E-state index is 9.40. The Morgan fingerprint density at radius 2 is 2.31 bits per heavy atom. The van der Waals surface area contributed by atoms with E-state index in [1.807, 2.05) is 6.07 Å². The first kappa shape index (κ1) is 8.57. The van der Waals surface area contributed by atoms with Crippen molar-refractivity contribution in [3.63, 3.8) is 0 Å². The maximum Gasteiger partial charge on any atom is 0.0762 e. The topological polar surface area (TPSA) is 32.3 Å². The molecule has 2 rings (SSSR count). The van der Waals surface area contributed by atoms with E-state index >= 15 is 0 Å². The fourth-order valence-corrected chi connectivity index (χ4v) is 1.74. The Labute approximate surface area is 78.6 Å². The second kappa shape index (κ2) is 3.38. The molecule has 0 radical (unpaired) electrons. The molecule has 1 aromatic rings. The van der Waals surface area contributed by atoms with E-state index in [4.69, 9.17) is 0 Å². The van der Waals surface area contributed by atoms with Crippen LogP contribution in [0.15, 0.2) is 18.2 Å². The predicted octanol–water partition coefficient (Wildman–Crippen LogP) is 2.10.